The molecule has 1 N–H and O–H groups in total. The Balaban J connectivity index is 1.79. The molecule has 4 heterocycles. The molecule has 3 fully saturated rings. The van der Waals surface area contributed by atoms with E-state index >= 15 is 0 Å². The van der Waals surface area contributed by atoms with E-state index in [1.54, 1.807) is 0 Å². The second kappa shape index (κ2) is 4.53. The molecule has 3 aliphatic rings. The van der Waals surface area contributed by atoms with Gasteiger partial charge in [-0.2, -0.15) is 0 Å². The van der Waals surface area contributed by atoms with Crippen LogP contribution in [0, 0.1) is 11.6 Å². The van der Waals surface area contributed by atoms with Crippen molar-refractivity contribution in [1.82, 2.24) is 9.97 Å². The first kappa shape index (κ1) is 12.3. The second-order valence-corrected chi connectivity index (χ2v) is 6.08. The molecule has 2 atom stereocenters. The van der Waals surface area contributed by atoms with Gasteiger partial charge in [-0.25, -0.2) is 4.98 Å². The molecule has 20 heavy (non-hydrogen) atoms. The highest BCUT2D eigenvalue weighted by Gasteiger charge is 2.34. The molecule has 0 amide bonds. The molecule has 1 aromatic heterocycles. The van der Waals surface area contributed by atoms with Gasteiger partial charge in [-0.15, -0.1) is 0 Å². The quantitative estimate of drug-likeness (QED) is 0.819. The topological polar surface area (TPSA) is 41.2 Å². The standard InChI is InChI=1S/C15H17N3OS/c1-9-16-14-5-3-10(6-13(14)15(20)17-9)18-7-12-4-2-11(18)8-19-12/h3,5-6,11-12H,2,4,7-8H2,1H3,(H,16,17,20). The molecule has 104 valence electrons. The fraction of sp³-hybridized carbons (Fsp3) is 0.467. The van der Waals surface area contributed by atoms with E-state index in [1.165, 1.54) is 18.5 Å². The molecule has 2 aromatic rings. The van der Waals surface area contributed by atoms with Crippen LogP contribution in [-0.4, -0.2) is 35.3 Å². The fourth-order valence-corrected chi connectivity index (χ4v) is 3.60. The zero-order chi connectivity index (χ0) is 13.7. The van der Waals surface area contributed by atoms with E-state index in [0.717, 1.165) is 29.9 Å². The maximum Gasteiger partial charge on any atom is 0.137 e. The summed E-state index contributed by atoms with van der Waals surface area (Å²) < 4.78 is 6.45. The van der Waals surface area contributed by atoms with Crippen molar-refractivity contribution in [3.8, 4) is 0 Å². The van der Waals surface area contributed by atoms with Crippen LogP contribution in [0.5, 0.6) is 0 Å². The lowest BCUT2D eigenvalue weighted by atomic mass is 9.96. The zero-order valence-corrected chi connectivity index (χ0v) is 12.2. The molecule has 5 rings (SSSR count). The third-order valence-electron chi connectivity index (χ3n) is 4.34. The summed E-state index contributed by atoms with van der Waals surface area (Å²) in [6.45, 7) is 3.78. The minimum atomic E-state index is 0.390. The summed E-state index contributed by atoms with van der Waals surface area (Å²) in [7, 11) is 0. The van der Waals surface area contributed by atoms with Crippen molar-refractivity contribution >= 4 is 28.8 Å². The smallest absolute Gasteiger partial charge is 0.137 e. The van der Waals surface area contributed by atoms with Crippen LogP contribution in [0.2, 0.25) is 0 Å². The predicted octanol–water partition coefficient (Wildman–Crippen LogP) is 2.97. The van der Waals surface area contributed by atoms with Crippen LogP contribution in [0.3, 0.4) is 0 Å². The highest BCUT2D eigenvalue weighted by Crippen LogP contribution is 2.32. The number of aryl methyl sites for hydroxylation is 1. The number of hydrogen-bond donors (Lipinski definition) is 1. The number of nitrogens with zero attached hydrogens (tertiary/aromatic N) is 2. The lowest BCUT2D eigenvalue weighted by molar-refractivity contribution is -0.0225. The summed E-state index contributed by atoms with van der Waals surface area (Å²) >= 11 is 5.39. The summed E-state index contributed by atoms with van der Waals surface area (Å²) in [6, 6.07) is 6.96. The molecule has 1 aromatic carbocycles. The van der Waals surface area contributed by atoms with Crippen LogP contribution < -0.4 is 4.90 Å². The van der Waals surface area contributed by atoms with Crippen molar-refractivity contribution in [3.05, 3.63) is 28.7 Å². The Labute approximate surface area is 122 Å². The summed E-state index contributed by atoms with van der Waals surface area (Å²) in [5, 5.41) is 1.03. The van der Waals surface area contributed by atoms with E-state index in [1.807, 2.05) is 6.92 Å². The number of anilines is 1. The van der Waals surface area contributed by atoms with Crippen molar-refractivity contribution in [1.29, 1.82) is 0 Å². The van der Waals surface area contributed by atoms with Crippen LogP contribution in [-0.2, 0) is 4.74 Å². The number of piperidine rings is 1. The number of morpholine rings is 1. The van der Waals surface area contributed by atoms with E-state index in [9.17, 15) is 0 Å². The second-order valence-electron chi connectivity index (χ2n) is 5.70. The third kappa shape index (κ3) is 1.93. The number of hydrogen-bond acceptors (Lipinski definition) is 4. The normalized spacial score (nSPS) is 25.4. The van der Waals surface area contributed by atoms with Gasteiger partial charge in [-0.1, -0.05) is 12.2 Å². The Morgan fingerprint density at radius 3 is 3.00 bits per heavy atom. The van der Waals surface area contributed by atoms with Crippen LogP contribution in [0.25, 0.3) is 10.9 Å². The summed E-state index contributed by atoms with van der Waals surface area (Å²) in [6.07, 6.45) is 2.80. The number of ether oxygens (including phenoxy) is 1. The number of aromatic amines is 1. The first-order chi connectivity index (χ1) is 9.70. The van der Waals surface area contributed by atoms with Crippen LogP contribution in [0.4, 0.5) is 5.69 Å². The van der Waals surface area contributed by atoms with E-state index in [2.05, 4.69) is 33.1 Å². The molecule has 0 saturated carbocycles. The molecule has 0 radical (unpaired) electrons. The summed E-state index contributed by atoms with van der Waals surface area (Å²) in [4.78, 5) is 10.1. The maximum absolute atomic E-state index is 5.77. The monoisotopic (exact) mass is 287 g/mol. The van der Waals surface area contributed by atoms with Gasteiger partial charge in [-0.3, -0.25) is 0 Å². The van der Waals surface area contributed by atoms with Crippen LogP contribution >= 0.6 is 12.2 Å². The van der Waals surface area contributed by atoms with E-state index in [4.69, 9.17) is 17.0 Å². The van der Waals surface area contributed by atoms with Crippen LogP contribution in [0.15, 0.2) is 18.2 Å². The van der Waals surface area contributed by atoms with E-state index < -0.39 is 0 Å². The Bertz CT molecular complexity index is 719. The molecule has 4 nitrogen and oxygen atoms in total. The molecule has 3 saturated heterocycles. The number of H-pyrrole nitrogens is 1. The Kier molecular flexibility index (Phi) is 2.79. The molecular formula is C15H17N3OS. The average molecular weight is 287 g/mol. The Hall–Kier alpha value is -1.46. The molecule has 0 aliphatic carbocycles. The molecule has 2 bridgehead atoms. The summed E-state index contributed by atoms with van der Waals surface area (Å²) in [5.74, 6) is 0.862. The van der Waals surface area contributed by atoms with Gasteiger partial charge in [0.1, 0.15) is 10.5 Å². The number of benzene rings is 1. The van der Waals surface area contributed by atoms with Gasteiger partial charge in [0.05, 0.1) is 18.8 Å². The summed E-state index contributed by atoms with van der Waals surface area (Å²) in [5.41, 5.74) is 2.30. The highest BCUT2D eigenvalue weighted by atomic mass is 32.1. The van der Waals surface area contributed by atoms with Gasteiger partial charge >= 0.3 is 0 Å². The number of aromatic nitrogens is 2. The number of rotatable bonds is 1. The molecule has 2 unspecified atom stereocenters. The lowest BCUT2D eigenvalue weighted by Crippen LogP contribution is -2.54. The van der Waals surface area contributed by atoms with Gasteiger partial charge in [0.15, 0.2) is 0 Å². The Morgan fingerprint density at radius 1 is 1.40 bits per heavy atom. The van der Waals surface area contributed by atoms with Crippen molar-refractivity contribution in [2.24, 2.45) is 0 Å². The van der Waals surface area contributed by atoms with Crippen LogP contribution in [0.1, 0.15) is 18.7 Å². The minimum absolute atomic E-state index is 0.390. The van der Waals surface area contributed by atoms with Crippen molar-refractivity contribution in [3.63, 3.8) is 0 Å². The van der Waals surface area contributed by atoms with Gasteiger partial charge in [-0.05, 0) is 38.0 Å². The first-order valence-electron chi connectivity index (χ1n) is 7.09. The van der Waals surface area contributed by atoms with Gasteiger partial charge in [0.25, 0.3) is 0 Å². The molecule has 5 heteroatoms. The van der Waals surface area contributed by atoms with Crippen molar-refractivity contribution < 1.29 is 4.74 Å². The lowest BCUT2D eigenvalue weighted by Gasteiger charge is -2.46. The average Bonchev–Trinajstić information content (AvgIpc) is 2.48. The maximum atomic E-state index is 5.77. The van der Waals surface area contributed by atoms with Gasteiger partial charge in [0.2, 0.25) is 0 Å². The zero-order valence-electron chi connectivity index (χ0n) is 11.4. The SMILES string of the molecule is Cc1nc(=S)c2cc(N3CC4CCC3CO4)ccc2[nH]1. The number of fused-ring (bicyclic) bond motifs is 4. The molecular weight excluding hydrogens is 270 g/mol. The van der Waals surface area contributed by atoms with E-state index in [-0.39, 0.29) is 0 Å². The van der Waals surface area contributed by atoms with E-state index in [0.29, 0.717) is 16.8 Å². The third-order valence-corrected chi connectivity index (χ3v) is 4.65. The van der Waals surface area contributed by atoms with Gasteiger partial charge < -0.3 is 14.6 Å². The minimum Gasteiger partial charge on any atom is -0.374 e. The highest BCUT2D eigenvalue weighted by molar-refractivity contribution is 7.71. The number of nitrogens with one attached hydrogen (secondary N) is 1. The van der Waals surface area contributed by atoms with Gasteiger partial charge in [0, 0.05) is 23.1 Å². The largest absolute Gasteiger partial charge is 0.374 e. The molecule has 3 aliphatic heterocycles. The fourth-order valence-electron chi connectivity index (χ4n) is 3.30. The van der Waals surface area contributed by atoms with Crippen molar-refractivity contribution in [2.45, 2.75) is 31.9 Å². The predicted molar refractivity (Wildman–Crippen MR) is 81.8 cm³/mol. The van der Waals surface area contributed by atoms with Crippen molar-refractivity contribution in [2.75, 3.05) is 18.1 Å². The first-order valence-corrected chi connectivity index (χ1v) is 7.50. The Morgan fingerprint density at radius 2 is 2.30 bits per heavy atom. The molecule has 0 spiro atoms.